The van der Waals surface area contributed by atoms with E-state index in [2.05, 4.69) is 63.0 Å². The second-order valence-electron chi connectivity index (χ2n) is 6.78. The first-order chi connectivity index (χ1) is 11.6. The zero-order valence-electron chi connectivity index (χ0n) is 15.2. The van der Waals surface area contributed by atoms with E-state index in [4.69, 9.17) is 0 Å². The molecule has 3 rings (SSSR count). The Morgan fingerprint density at radius 2 is 2.04 bits per heavy atom. The molecule has 0 atom stereocenters. The van der Waals surface area contributed by atoms with Gasteiger partial charge in [-0.25, -0.2) is 4.98 Å². The van der Waals surface area contributed by atoms with Gasteiger partial charge in [-0.3, -0.25) is 4.99 Å². The van der Waals surface area contributed by atoms with Crippen LogP contribution in [0.2, 0.25) is 0 Å². The topological polar surface area (TPSA) is 40.5 Å². The SMILES string of the molecule is CN=C(NCC1(Cc2ccccc2)CC1)N(C)Cc1csc(C)n1.I. The van der Waals surface area contributed by atoms with Gasteiger partial charge in [-0.15, -0.1) is 35.3 Å². The summed E-state index contributed by atoms with van der Waals surface area (Å²) in [6.45, 7) is 3.81. The maximum absolute atomic E-state index is 4.54. The highest BCUT2D eigenvalue weighted by Crippen LogP contribution is 2.47. The van der Waals surface area contributed by atoms with E-state index in [0.29, 0.717) is 5.41 Å². The minimum absolute atomic E-state index is 0. The van der Waals surface area contributed by atoms with E-state index < -0.39 is 0 Å². The Hall–Kier alpha value is -1.15. The molecule has 0 spiro atoms. The number of hydrogen-bond acceptors (Lipinski definition) is 3. The monoisotopic (exact) mass is 470 g/mol. The third-order valence-corrected chi connectivity index (χ3v) is 5.46. The highest BCUT2D eigenvalue weighted by atomic mass is 127. The Kier molecular flexibility index (Phi) is 7.25. The average Bonchev–Trinajstić information content (AvgIpc) is 3.21. The second-order valence-corrected chi connectivity index (χ2v) is 7.84. The molecule has 1 fully saturated rings. The first-order valence-electron chi connectivity index (χ1n) is 8.47. The quantitative estimate of drug-likeness (QED) is 0.393. The third kappa shape index (κ3) is 5.67. The lowest BCUT2D eigenvalue weighted by Gasteiger charge is -2.24. The maximum atomic E-state index is 4.54. The van der Waals surface area contributed by atoms with Gasteiger partial charge in [-0.1, -0.05) is 30.3 Å². The van der Waals surface area contributed by atoms with Crippen LogP contribution in [-0.4, -0.2) is 36.5 Å². The minimum atomic E-state index is 0. The molecule has 0 saturated heterocycles. The predicted molar refractivity (Wildman–Crippen MR) is 117 cm³/mol. The molecule has 6 heteroatoms. The van der Waals surface area contributed by atoms with Crippen molar-refractivity contribution in [1.29, 1.82) is 0 Å². The van der Waals surface area contributed by atoms with Gasteiger partial charge in [0.2, 0.25) is 0 Å². The van der Waals surface area contributed by atoms with E-state index in [9.17, 15) is 0 Å². The molecule has 1 aliphatic carbocycles. The van der Waals surface area contributed by atoms with Crippen LogP contribution < -0.4 is 5.32 Å². The van der Waals surface area contributed by atoms with E-state index in [1.165, 1.54) is 18.4 Å². The van der Waals surface area contributed by atoms with Crippen LogP contribution in [0.3, 0.4) is 0 Å². The van der Waals surface area contributed by atoms with Crippen molar-refractivity contribution in [3.63, 3.8) is 0 Å². The van der Waals surface area contributed by atoms with Gasteiger partial charge >= 0.3 is 0 Å². The predicted octanol–water partition coefficient (Wildman–Crippen LogP) is 4.10. The molecule has 2 aromatic rings. The normalized spacial score (nSPS) is 15.4. The fourth-order valence-electron chi connectivity index (χ4n) is 3.07. The van der Waals surface area contributed by atoms with Crippen molar-refractivity contribution in [2.75, 3.05) is 20.6 Å². The van der Waals surface area contributed by atoms with Gasteiger partial charge in [0.1, 0.15) is 0 Å². The van der Waals surface area contributed by atoms with Crippen molar-refractivity contribution in [3.05, 3.63) is 52.0 Å². The summed E-state index contributed by atoms with van der Waals surface area (Å²) in [6.07, 6.45) is 3.73. The Morgan fingerprint density at radius 3 is 2.60 bits per heavy atom. The van der Waals surface area contributed by atoms with Crippen LogP contribution in [0.4, 0.5) is 0 Å². The van der Waals surface area contributed by atoms with Crippen LogP contribution in [0.25, 0.3) is 0 Å². The molecule has 1 N–H and O–H groups in total. The molecule has 136 valence electrons. The molecule has 1 heterocycles. The van der Waals surface area contributed by atoms with Gasteiger partial charge in [0.25, 0.3) is 0 Å². The number of hydrogen-bond donors (Lipinski definition) is 1. The summed E-state index contributed by atoms with van der Waals surface area (Å²) in [5, 5.41) is 6.80. The van der Waals surface area contributed by atoms with Crippen molar-refractivity contribution in [3.8, 4) is 0 Å². The van der Waals surface area contributed by atoms with Crippen molar-refractivity contribution in [1.82, 2.24) is 15.2 Å². The van der Waals surface area contributed by atoms with Crippen LogP contribution in [0.5, 0.6) is 0 Å². The molecule has 0 aliphatic heterocycles. The van der Waals surface area contributed by atoms with E-state index in [1.807, 2.05) is 14.0 Å². The minimum Gasteiger partial charge on any atom is -0.356 e. The van der Waals surface area contributed by atoms with Gasteiger partial charge in [-0.05, 0) is 37.2 Å². The van der Waals surface area contributed by atoms with Gasteiger partial charge in [0, 0.05) is 26.0 Å². The maximum Gasteiger partial charge on any atom is 0.193 e. The van der Waals surface area contributed by atoms with E-state index in [0.717, 1.165) is 36.2 Å². The first kappa shape index (κ1) is 20.2. The summed E-state index contributed by atoms with van der Waals surface area (Å²) in [6, 6.07) is 10.8. The summed E-state index contributed by atoms with van der Waals surface area (Å²) >= 11 is 1.70. The average molecular weight is 470 g/mol. The molecular weight excluding hydrogens is 443 g/mol. The van der Waals surface area contributed by atoms with Crippen molar-refractivity contribution >= 4 is 41.3 Å². The highest BCUT2D eigenvalue weighted by molar-refractivity contribution is 14.0. The lowest BCUT2D eigenvalue weighted by atomic mass is 9.96. The molecule has 1 aromatic carbocycles. The van der Waals surface area contributed by atoms with Crippen molar-refractivity contribution < 1.29 is 0 Å². The van der Waals surface area contributed by atoms with E-state index in [1.54, 1.807) is 11.3 Å². The van der Waals surface area contributed by atoms with Crippen LogP contribution >= 0.6 is 35.3 Å². The van der Waals surface area contributed by atoms with Crippen molar-refractivity contribution in [2.45, 2.75) is 32.7 Å². The lowest BCUT2D eigenvalue weighted by molar-refractivity contribution is 0.439. The van der Waals surface area contributed by atoms with Crippen LogP contribution in [0, 0.1) is 12.3 Å². The van der Waals surface area contributed by atoms with Gasteiger partial charge in [0.05, 0.1) is 17.2 Å². The van der Waals surface area contributed by atoms with E-state index in [-0.39, 0.29) is 24.0 Å². The molecule has 1 saturated carbocycles. The van der Waals surface area contributed by atoms with Crippen LogP contribution in [-0.2, 0) is 13.0 Å². The number of aromatic nitrogens is 1. The standard InChI is InChI=1S/C19H26N4S.HI/c1-15-22-17(13-24-15)12-23(3)18(20-2)21-14-19(9-10-19)11-16-7-5-4-6-8-16;/h4-8,13H,9-12,14H2,1-3H3,(H,20,21);1H. The largest absolute Gasteiger partial charge is 0.356 e. The Morgan fingerprint density at radius 1 is 1.32 bits per heavy atom. The number of nitrogens with zero attached hydrogens (tertiary/aromatic N) is 3. The number of rotatable bonds is 6. The lowest BCUT2D eigenvalue weighted by Crippen LogP contribution is -2.41. The number of aliphatic imine (C=N–C) groups is 1. The number of aryl methyl sites for hydroxylation is 1. The number of benzene rings is 1. The number of thiazole rings is 1. The van der Waals surface area contributed by atoms with Gasteiger partial charge in [0.15, 0.2) is 5.96 Å². The molecule has 0 amide bonds. The summed E-state index contributed by atoms with van der Waals surface area (Å²) in [4.78, 5) is 11.1. The van der Waals surface area contributed by atoms with Crippen molar-refractivity contribution in [2.24, 2.45) is 10.4 Å². The molecule has 1 aliphatic rings. The Labute approximate surface area is 171 Å². The first-order valence-corrected chi connectivity index (χ1v) is 9.35. The smallest absolute Gasteiger partial charge is 0.193 e. The zero-order valence-corrected chi connectivity index (χ0v) is 18.3. The van der Waals surface area contributed by atoms with Crippen LogP contribution in [0.1, 0.15) is 29.1 Å². The molecule has 0 unspecified atom stereocenters. The fourth-order valence-corrected chi connectivity index (χ4v) is 3.68. The molecule has 4 nitrogen and oxygen atoms in total. The molecule has 25 heavy (non-hydrogen) atoms. The van der Waals surface area contributed by atoms with Gasteiger partial charge < -0.3 is 10.2 Å². The number of halogens is 1. The zero-order chi connectivity index (χ0) is 17.0. The summed E-state index contributed by atoms with van der Waals surface area (Å²) < 4.78 is 0. The molecule has 0 bridgehead atoms. The summed E-state index contributed by atoms with van der Waals surface area (Å²) in [7, 11) is 3.92. The Balaban J connectivity index is 0.00000225. The fraction of sp³-hybridized carbons (Fsp3) is 0.474. The summed E-state index contributed by atoms with van der Waals surface area (Å²) in [5.41, 5.74) is 2.93. The summed E-state index contributed by atoms with van der Waals surface area (Å²) in [5.74, 6) is 0.944. The molecule has 1 aromatic heterocycles. The van der Waals surface area contributed by atoms with Crippen LogP contribution in [0.15, 0.2) is 40.7 Å². The third-order valence-electron chi connectivity index (χ3n) is 4.64. The number of guanidine groups is 1. The highest BCUT2D eigenvalue weighted by Gasteiger charge is 2.42. The van der Waals surface area contributed by atoms with Gasteiger partial charge in [-0.2, -0.15) is 0 Å². The number of nitrogens with one attached hydrogen (secondary N) is 1. The molecular formula is C19H27IN4S. The molecule has 0 radical (unpaired) electrons. The Bertz CT molecular complexity index is 694. The second kappa shape index (κ2) is 8.98. The van der Waals surface area contributed by atoms with E-state index >= 15 is 0 Å².